The summed E-state index contributed by atoms with van der Waals surface area (Å²) in [6.45, 7) is 10.9. The first-order chi connectivity index (χ1) is 9.93. The quantitative estimate of drug-likeness (QED) is 0.794. The average Bonchev–Trinajstić information content (AvgIpc) is 2.46. The van der Waals surface area contributed by atoms with Crippen LogP contribution < -0.4 is 5.73 Å². The van der Waals surface area contributed by atoms with Gasteiger partial charge in [-0.25, -0.2) is 0 Å². The van der Waals surface area contributed by atoms with E-state index in [0.29, 0.717) is 18.4 Å². The van der Waals surface area contributed by atoms with Crippen LogP contribution in [0.1, 0.15) is 56.5 Å². The van der Waals surface area contributed by atoms with E-state index < -0.39 is 0 Å². The van der Waals surface area contributed by atoms with Gasteiger partial charge in [-0.2, -0.15) is 0 Å². The average molecular weight is 290 g/mol. The number of carbonyl (C=O) groups is 1. The van der Waals surface area contributed by atoms with E-state index in [-0.39, 0.29) is 5.91 Å². The Kier molecular flexibility index (Phi) is 7.44. The first-order valence-corrected chi connectivity index (χ1v) is 8.02. The highest BCUT2D eigenvalue weighted by atomic mass is 16.2. The van der Waals surface area contributed by atoms with Crippen molar-refractivity contribution in [3.63, 3.8) is 0 Å². The van der Waals surface area contributed by atoms with Crippen LogP contribution in [-0.2, 0) is 6.54 Å². The maximum atomic E-state index is 12.7. The van der Waals surface area contributed by atoms with E-state index in [1.807, 2.05) is 29.2 Å². The molecule has 0 atom stereocenters. The van der Waals surface area contributed by atoms with Gasteiger partial charge in [0, 0.05) is 25.2 Å². The highest BCUT2D eigenvalue weighted by Gasteiger charge is 2.16. The molecule has 2 N–H and O–H groups in total. The molecule has 0 saturated carbocycles. The number of rotatable bonds is 8. The second kappa shape index (κ2) is 8.83. The van der Waals surface area contributed by atoms with Gasteiger partial charge in [0.25, 0.3) is 5.91 Å². The van der Waals surface area contributed by atoms with E-state index in [1.165, 1.54) is 0 Å². The number of benzene rings is 1. The first-order valence-electron chi connectivity index (χ1n) is 8.02. The van der Waals surface area contributed by atoms with Crippen molar-refractivity contribution < 1.29 is 4.79 Å². The molecule has 0 radical (unpaired) electrons. The van der Waals surface area contributed by atoms with Crippen LogP contribution in [0.5, 0.6) is 0 Å². The van der Waals surface area contributed by atoms with Gasteiger partial charge in [0.2, 0.25) is 0 Å². The summed E-state index contributed by atoms with van der Waals surface area (Å²) in [6.07, 6.45) is 2.08. The summed E-state index contributed by atoms with van der Waals surface area (Å²) >= 11 is 0. The first kappa shape index (κ1) is 17.7. The zero-order valence-corrected chi connectivity index (χ0v) is 13.9. The number of carbonyl (C=O) groups excluding carboxylic acids is 1. The normalized spacial score (nSPS) is 11.2. The van der Waals surface area contributed by atoms with Crippen LogP contribution in [0.15, 0.2) is 24.3 Å². The number of nitrogens with zero attached hydrogens (tertiary/aromatic N) is 1. The molecular weight excluding hydrogens is 260 g/mol. The summed E-state index contributed by atoms with van der Waals surface area (Å²) in [4.78, 5) is 14.7. The van der Waals surface area contributed by atoms with Gasteiger partial charge in [0.1, 0.15) is 0 Å². The third-order valence-electron chi connectivity index (χ3n) is 3.65. The fourth-order valence-electron chi connectivity index (χ4n) is 2.16. The number of hydrogen-bond acceptors (Lipinski definition) is 2. The van der Waals surface area contributed by atoms with E-state index in [2.05, 4.69) is 27.7 Å². The highest BCUT2D eigenvalue weighted by molar-refractivity contribution is 5.94. The van der Waals surface area contributed by atoms with Crippen LogP contribution in [0, 0.1) is 11.8 Å². The smallest absolute Gasteiger partial charge is 0.253 e. The van der Waals surface area contributed by atoms with Gasteiger partial charge < -0.3 is 10.6 Å². The van der Waals surface area contributed by atoms with Gasteiger partial charge in [-0.3, -0.25) is 4.79 Å². The summed E-state index contributed by atoms with van der Waals surface area (Å²) in [5, 5.41) is 0. The van der Waals surface area contributed by atoms with E-state index in [9.17, 15) is 4.79 Å². The van der Waals surface area contributed by atoms with Crippen molar-refractivity contribution in [2.24, 2.45) is 17.6 Å². The molecule has 0 heterocycles. The lowest BCUT2D eigenvalue weighted by Gasteiger charge is -2.25. The Hall–Kier alpha value is -1.35. The predicted molar refractivity (Wildman–Crippen MR) is 89.1 cm³/mol. The minimum atomic E-state index is 0.131. The molecule has 0 fully saturated rings. The van der Waals surface area contributed by atoms with Crippen molar-refractivity contribution >= 4 is 5.91 Å². The number of amides is 1. The van der Waals surface area contributed by atoms with Crippen molar-refractivity contribution in [3.8, 4) is 0 Å². The molecule has 1 aromatic rings. The summed E-state index contributed by atoms with van der Waals surface area (Å²) < 4.78 is 0. The zero-order chi connectivity index (χ0) is 15.8. The summed E-state index contributed by atoms with van der Waals surface area (Å²) in [7, 11) is 0. The third kappa shape index (κ3) is 6.30. The van der Waals surface area contributed by atoms with Gasteiger partial charge in [-0.1, -0.05) is 39.8 Å². The van der Waals surface area contributed by atoms with Crippen LogP contribution in [0.2, 0.25) is 0 Å². The molecule has 21 heavy (non-hydrogen) atoms. The van der Waals surface area contributed by atoms with Crippen LogP contribution in [0.25, 0.3) is 0 Å². The fraction of sp³-hybridized carbons (Fsp3) is 0.611. The fourth-order valence-corrected chi connectivity index (χ4v) is 2.16. The largest absolute Gasteiger partial charge is 0.339 e. The van der Waals surface area contributed by atoms with Crippen LogP contribution in [0.4, 0.5) is 0 Å². The molecule has 1 rings (SSSR count). The SMILES string of the molecule is CC(C)CCN(CCC(C)C)C(=O)c1cccc(CN)c1. The molecular formula is C18H30N2O. The molecule has 0 bridgehead atoms. The highest BCUT2D eigenvalue weighted by Crippen LogP contribution is 2.12. The van der Waals surface area contributed by atoms with E-state index in [1.54, 1.807) is 0 Å². The van der Waals surface area contributed by atoms with Crippen molar-refractivity contribution in [1.29, 1.82) is 0 Å². The Morgan fingerprint density at radius 2 is 1.67 bits per heavy atom. The Morgan fingerprint density at radius 3 is 2.14 bits per heavy atom. The number of hydrogen-bond donors (Lipinski definition) is 1. The lowest BCUT2D eigenvalue weighted by atomic mass is 10.1. The van der Waals surface area contributed by atoms with Gasteiger partial charge in [-0.05, 0) is 42.4 Å². The van der Waals surface area contributed by atoms with E-state index in [4.69, 9.17) is 5.73 Å². The van der Waals surface area contributed by atoms with Crippen molar-refractivity contribution in [1.82, 2.24) is 4.90 Å². The molecule has 1 amide bonds. The molecule has 0 unspecified atom stereocenters. The number of nitrogens with two attached hydrogens (primary N) is 1. The zero-order valence-electron chi connectivity index (χ0n) is 13.9. The van der Waals surface area contributed by atoms with Crippen molar-refractivity contribution in [3.05, 3.63) is 35.4 Å². The Morgan fingerprint density at radius 1 is 1.10 bits per heavy atom. The second-order valence-corrected chi connectivity index (χ2v) is 6.56. The lowest BCUT2D eigenvalue weighted by molar-refractivity contribution is 0.0740. The van der Waals surface area contributed by atoms with Crippen LogP contribution in [0.3, 0.4) is 0 Å². The molecule has 1 aromatic carbocycles. The molecule has 0 aliphatic carbocycles. The van der Waals surface area contributed by atoms with E-state index >= 15 is 0 Å². The molecule has 118 valence electrons. The predicted octanol–water partition coefficient (Wildman–Crippen LogP) is 3.68. The van der Waals surface area contributed by atoms with Gasteiger partial charge in [0.15, 0.2) is 0 Å². The van der Waals surface area contributed by atoms with Gasteiger partial charge >= 0.3 is 0 Å². The van der Waals surface area contributed by atoms with Crippen molar-refractivity contribution in [2.75, 3.05) is 13.1 Å². The molecule has 3 heteroatoms. The lowest BCUT2D eigenvalue weighted by Crippen LogP contribution is -2.34. The van der Waals surface area contributed by atoms with Gasteiger partial charge in [-0.15, -0.1) is 0 Å². The van der Waals surface area contributed by atoms with Crippen molar-refractivity contribution in [2.45, 2.75) is 47.1 Å². The topological polar surface area (TPSA) is 46.3 Å². The summed E-state index contributed by atoms with van der Waals surface area (Å²) in [5.41, 5.74) is 7.43. The third-order valence-corrected chi connectivity index (χ3v) is 3.65. The maximum Gasteiger partial charge on any atom is 0.253 e. The monoisotopic (exact) mass is 290 g/mol. The minimum Gasteiger partial charge on any atom is -0.339 e. The standard InChI is InChI=1S/C18H30N2O/c1-14(2)8-10-20(11-9-15(3)4)18(21)17-7-5-6-16(12-17)13-19/h5-7,12,14-15H,8-11,13,19H2,1-4H3. The molecule has 0 aliphatic heterocycles. The van der Waals surface area contributed by atoms with Gasteiger partial charge in [0.05, 0.1) is 0 Å². The molecule has 0 aromatic heterocycles. The Balaban J connectivity index is 2.81. The molecule has 0 spiro atoms. The molecule has 3 nitrogen and oxygen atoms in total. The van der Waals surface area contributed by atoms with Crippen LogP contribution >= 0.6 is 0 Å². The second-order valence-electron chi connectivity index (χ2n) is 6.56. The van der Waals surface area contributed by atoms with Crippen LogP contribution in [-0.4, -0.2) is 23.9 Å². The summed E-state index contributed by atoms with van der Waals surface area (Å²) in [6, 6.07) is 7.68. The van der Waals surface area contributed by atoms with E-state index in [0.717, 1.165) is 37.1 Å². The Bertz CT molecular complexity index is 429. The maximum absolute atomic E-state index is 12.7. The Labute approximate surface area is 129 Å². The molecule has 0 saturated heterocycles. The minimum absolute atomic E-state index is 0.131. The summed E-state index contributed by atoms with van der Waals surface area (Å²) in [5.74, 6) is 1.34. The molecule has 0 aliphatic rings.